The van der Waals surface area contributed by atoms with E-state index in [1.54, 1.807) is 12.1 Å². The number of primary amides is 1. The van der Waals surface area contributed by atoms with Gasteiger partial charge in [-0.05, 0) is 62.1 Å². The molecule has 2 rings (SSSR count). The third-order valence-corrected chi connectivity index (χ3v) is 7.02. The van der Waals surface area contributed by atoms with E-state index in [-0.39, 0.29) is 12.3 Å². The summed E-state index contributed by atoms with van der Waals surface area (Å²) in [5.74, 6) is 0.118. The first-order valence-corrected chi connectivity index (χ1v) is 10.7. The summed E-state index contributed by atoms with van der Waals surface area (Å²) in [6.45, 7) is 7.47. The van der Waals surface area contributed by atoms with E-state index in [2.05, 4.69) is 4.72 Å². The second kappa shape index (κ2) is 8.14. The number of amides is 1. The van der Waals surface area contributed by atoms with E-state index >= 15 is 0 Å². The van der Waals surface area contributed by atoms with Crippen LogP contribution in [0.3, 0.4) is 0 Å². The monoisotopic (exact) mass is 392 g/mol. The molecule has 0 radical (unpaired) electrons. The fourth-order valence-corrected chi connectivity index (χ4v) is 5.45. The first-order valence-electron chi connectivity index (χ1n) is 8.24. The van der Waals surface area contributed by atoms with Crippen molar-refractivity contribution in [2.45, 2.75) is 43.9 Å². The van der Waals surface area contributed by atoms with Crippen LogP contribution < -0.4 is 10.5 Å². The summed E-state index contributed by atoms with van der Waals surface area (Å²) in [6.07, 6.45) is 0.237. The predicted molar refractivity (Wildman–Crippen MR) is 107 cm³/mol. The molecule has 2 aromatic rings. The molecule has 2 aromatic carbocycles. The lowest BCUT2D eigenvalue weighted by atomic mass is 10.0. The van der Waals surface area contributed by atoms with Gasteiger partial charge in [0, 0.05) is 17.1 Å². The number of aryl methyl sites for hydroxylation is 2. The number of sulfonamides is 1. The molecule has 0 unspecified atom stereocenters. The van der Waals surface area contributed by atoms with Crippen LogP contribution in [-0.4, -0.2) is 20.1 Å². The van der Waals surface area contributed by atoms with Crippen LogP contribution in [0.4, 0.5) is 5.69 Å². The molecule has 5 nitrogen and oxygen atoms in total. The van der Waals surface area contributed by atoms with E-state index in [0.717, 1.165) is 27.1 Å². The zero-order valence-electron chi connectivity index (χ0n) is 15.4. The van der Waals surface area contributed by atoms with Crippen molar-refractivity contribution in [3.8, 4) is 0 Å². The highest BCUT2D eigenvalue weighted by molar-refractivity contribution is 7.99. The van der Waals surface area contributed by atoms with Gasteiger partial charge in [0.25, 0.3) is 10.0 Å². The lowest BCUT2D eigenvalue weighted by Gasteiger charge is -2.18. The smallest absolute Gasteiger partial charge is 0.262 e. The Morgan fingerprint density at radius 1 is 1.08 bits per heavy atom. The maximum absolute atomic E-state index is 13.1. The van der Waals surface area contributed by atoms with Gasteiger partial charge in [-0.15, -0.1) is 11.8 Å². The quantitative estimate of drug-likeness (QED) is 0.703. The van der Waals surface area contributed by atoms with Gasteiger partial charge in [-0.2, -0.15) is 0 Å². The summed E-state index contributed by atoms with van der Waals surface area (Å²) in [7, 11) is -3.74. The molecule has 0 saturated heterocycles. The summed E-state index contributed by atoms with van der Waals surface area (Å²) in [4.78, 5) is 12.0. The number of nitrogens with one attached hydrogen (secondary N) is 1. The average Bonchev–Trinajstić information content (AvgIpc) is 2.54. The molecule has 0 spiro atoms. The van der Waals surface area contributed by atoms with Crippen LogP contribution in [-0.2, 0) is 14.8 Å². The third kappa shape index (κ3) is 4.59. The number of para-hydroxylation sites is 1. The lowest BCUT2D eigenvalue weighted by Crippen LogP contribution is -2.17. The van der Waals surface area contributed by atoms with E-state index in [4.69, 9.17) is 5.73 Å². The van der Waals surface area contributed by atoms with E-state index in [1.807, 2.05) is 45.9 Å². The van der Waals surface area contributed by atoms with Crippen molar-refractivity contribution < 1.29 is 13.2 Å². The number of thioether (sulfide) groups is 1. The lowest BCUT2D eigenvalue weighted by molar-refractivity contribution is -0.117. The fourth-order valence-electron chi connectivity index (χ4n) is 2.72. The van der Waals surface area contributed by atoms with Gasteiger partial charge in [-0.3, -0.25) is 9.52 Å². The molecule has 0 saturated carbocycles. The molecule has 26 heavy (non-hydrogen) atoms. The van der Waals surface area contributed by atoms with Crippen LogP contribution in [0.15, 0.2) is 40.1 Å². The van der Waals surface area contributed by atoms with Crippen molar-refractivity contribution in [2.24, 2.45) is 5.73 Å². The largest absolute Gasteiger partial charge is 0.370 e. The SMILES string of the molecule is Cc1cc(C)c(C)c(S(=O)(=O)Nc2ccccc2SCCC(N)=O)c1C. The van der Waals surface area contributed by atoms with E-state index in [0.29, 0.717) is 16.3 Å². The summed E-state index contributed by atoms with van der Waals surface area (Å²) in [6, 6.07) is 9.15. The highest BCUT2D eigenvalue weighted by Crippen LogP contribution is 2.32. The first-order chi connectivity index (χ1) is 12.1. The van der Waals surface area contributed by atoms with Gasteiger partial charge in [0.1, 0.15) is 0 Å². The van der Waals surface area contributed by atoms with Gasteiger partial charge in [0.2, 0.25) is 5.91 Å². The number of carbonyl (C=O) groups excluding carboxylic acids is 1. The minimum absolute atomic E-state index is 0.237. The number of carbonyl (C=O) groups is 1. The molecule has 0 aliphatic rings. The molecular formula is C19H24N2O3S2. The molecule has 0 aliphatic carbocycles. The van der Waals surface area contributed by atoms with E-state index in [9.17, 15) is 13.2 Å². The second-order valence-electron chi connectivity index (χ2n) is 6.26. The number of nitrogens with two attached hydrogens (primary N) is 1. The molecule has 0 fully saturated rings. The van der Waals surface area contributed by atoms with Crippen molar-refractivity contribution in [1.82, 2.24) is 0 Å². The Bertz CT molecular complexity index is 912. The number of hydrogen-bond acceptors (Lipinski definition) is 4. The molecule has 140 valence electrons. The number of anilines is 1. The van der Waals surface area contributed by atoms with Gasteiger partial charge in [0.05, 0.1) is 10.6 Å². The number of hydrogen-bond donors (Lipinski definition) is 2. The van der Waals surface area contributed by atoms with Gasteiger partial charge in [-0.25, -0.2) is 8.42 Å². The highest BCUT2D eigenvalue weighted by Gasteiger charge is 2.23. The van der Waals surface area contributed by atoms with Crippen molar-refractivity contribution in [2.75, 3.05) is 10.5 Å². The minimum atomic E-state index is -3.74. The average molecular weight is 393 g/mol. The van der Waals surface area contributed by atoms with Gasteiger partial charge in [-0.1, -0.05) is 18.2 Å². The molecule has 0 bridgehead atoms. The minimum Gasteiger partial charge on any atom is -0.370 e. The summed E-state index contributed by atoms with van der Waals surface area (Å²) in [5.41, 5.74) is 9.05. The molecule has 0 atom stereocenters. The van der Waals surface area contributed by atoms with Crippen molar-refractivity contribution >= 4 is 33.4 Å². The molecule has 3 N–H and O–H groups in total. The summed E-state index contributed by atoms with van der Waals surface area (Å²) in [5, 5.41) is 0. The standard InChI is InChI=1S/C19H24N2O3S2/c1-12-11-13(2)15(4)19(14(12)3)26(23,24)21-16-7-5-6-8-17(16)25-10-9-18(20)22/h5-8,11,21H,9-10H2,1-4H3,(H2,20,22). The number of rotatable bonds is 7. The first kappa shape index (κ1) is 20.3. The van der Waals surface area contributed by atoms with Crippen LogP contribution in [0, 0.1) is 27.7 Å². The van der Waals surface area contributed by atoms with Gasteiger partial charge >= 0.3 is 0 Å². The zero-order valence-corrected chi connectivity index (χ0v) is 17.1. The Kier molecular flexibility index (Phi) is 6.36. The topological polar surface area (TPSA) is 89.3 Å². The van der Waals surface area contributed by atoms with Crippen molar-refractivity contribution in [3.63, 3.8) is 0 Å². The Hall–Kier alpha value is -1.99. The summed E-state index contributed by atoms with van der Waals surface area (Å²) >= 11 is 1.40. The van der Waals surface area contributed by atoms with E-state index in [1.165, 1.54) is 11.8 Å². The maximum Gasteiger partial charge on any atom is 0.262 e. The molecule has 0 aliphatic heterocycles. The van der Waals surface area contributed by atoms with Crippen LogP contribution in [0.25, 0.3) is 0 Å². The van der Waals surface area contributed by atoms with Gasteiger partial charge < -0.3 is 5.73 Å². The fraction of sp³-hybridized carbons (Fsp3) is 0.316. The Morgan fingerprint density at radius 3 is 2.23 bits per heavy atom. The molecular weight excluding hydrogens is 368 g/mol. The van der Waals surface area contributed by atoms with Crippen molar-refractivity contribution in [3.05, 3.63) is 52.6 Å². The second-order valence-corrected chi connectivity index (χ2v) is 9.01. The molecule has 0 heterocycles. The molecule has 7 heteroatoms. The van der Waals surface area contributed by atoms with Gasteiger partial charge in [0.15, 0.2) is 0 Å². The number of benzene rings is 2. The predicted octanol–water partition coefficient (Wildman–Crippen LogP) is 3.69. The molecule has 0 aromatic heterocycles. The molecule has 1 amide bonds. The van der Waals surface area contributed by atoms with Crippen molar-refractivity contribution in [1.29, 1.82) is 0 Å². The summed E-state index contributed by atoms with van der Waals surface area (Å²) < 4.78 is 28.9. The normalized spacial score (nSPS) is 11.4. The Morgan fingerprint density at radius 2 is 1.65 bits per heavy atom. The van der Waals surface area contributed by atoms with Crippen LogP contribution >= 0.6 is 11.8 Å². The van der Waals surface area contributed by atoms with Crippen LogP contribution in [0.2, 0.25) is 0 Å². The Labute approximate surface area is 159 Å². The van der Waals surface area contributed by atoms with E-state index < -0.39 is 10.0 Å². The Balaban J connectivity index is 2.39. The maximum atomic E-state index is 13.1. The highest BCUT2D eigenvalue weighted by atomic mass is 32.2. The van der Waals surface area contributed by atoms with Crippen LogP contribution in [0.5, 0.6) is 0 Å². The zero-order chi connectivity index (χ0) is 19.5. The van der Waals surface area contributed by atoms with Crippen LogP contribution in [0.1, 0.15) is 28.7 Å². The third-order valence-electron chi connectivity index (χ3n) is 4.30.